The number of aromatic nitrogens is 5. The molecule has 2 aromatic carbocycles. The van der Waals surface area contributed by atoms with Crippen molar-refractivity contribution in [2.24, 2.45) is 7.05 Å². The topological polar surface area (TPSA) is 118 Å². The molecule has 1 aliphatic rings. The number of hydrogen-bond acceptors (Lipinski definition) is 8. The molecule has 1 saturated heterocycles. The van der Waals surface area contributed by atoms with E-state index in [0.29, 0.717) is 45.1 Å². The summed E-state index contributed by atoms with van der Waals surface area (Å²) in [6, 6.07) is 13.4. The number of nitrogens with zero attached hydrogens (tertiary/aromatic N) is 6. The maximum absolute atomic E-state index is 15.1. The number of fused-ring (bicyclic) bond motifs is 1. The number of allylic oxidation sites excluding steroid dienone is 1. The lowest BCUT2D eigenvalue weighted by Crippen LogP contribution is -2.24. The Bertz CT molecular complexity index is 2040. The van der Waals surface area contributed by atoms with Gasteiger partial charge in [0.1, 0.15) is 17.3 Å². The molecule has 1 fully saturated rings. The van der Waals surface area contributed by atoms with Crippen molar-refractivity contribution >= 4 is 27.9 Å². The first-order chi connectivity index (χ1) is 21.1. The molecule has 10 nitrogen and oxygen atoms in total. The first-order valence-corrected chi connectivity index (χ1v) is 14.3. The molecule has 44 heavy (non-hydrogen) atoms. The number of likely N-dealkylation sites (tertiary alicyclic amines) is 1. The molecule has 0 unspecified atom stereocenters. The molecule has 0 aliphatic carbocycles. The summed E-state index contributed by atoms with van der Waals surface area (Å²) in [5.74, 6) is 0.256. The predicted molar refractivity (Wildman–Crippen MR) is 169 cm³/mol. The van der Waals surface area contributed by atoms with Crippen molar-refractivity contribution in [2.75, 3.05) is 25.5 Å². The lowest BCUT2D eigenvalue weighted by Gasteiger charge is -2.16. The predicted octanol–water partition coefficient (Wildman–Crippen LogP) is 4.37. The van der Waals surface area contributed by atoms with Gasteiger partial charge in [0.05, 0.1) is 29.6 Å². The van der Waals surface area contributed by atoms with Crippen molar-refractivity contribution in [3.05, 3.63) is 111 Å². The quantitative estimate of drug-likeness (QED) is 0.286. The Labute approximate surface area is 252 Å². The Hall–Kier alpha value is -5.00. The van der Waals surface area contributed by atoms with E-state index in [-0.39, 0.29) is 22.3 Å². The molecule has 5 aromatic rings. The van der Waals surface area contributed by atoms with Crippen LogP contribution < -0.4 is 16.4 Å². The number of pyridine rings is 1. The number of aliphatic hydroxyl groups is 1. The zero-order valence-corrected chi connectivity index (χ0v) is 24.7. The molecule has 0 bridgehead atoms. The maximum atomic E-state index is 15.1. The van der Waals surface area contributed by atoms with Gasteiger partial charge >= 0.3 is 0 Å². The highest BCUT2D eigenvalue weighted by atomic mass is 19.1. The molecule has 0 amide bonds. The minimum atomic E-state index is -0.684. The van der Waals surface area contributed by atoms with Crippen LogP contribution in [0.25, 0.3) is 33.3 Å². The summed E-state index contributed by atoms with van der Waals surface area (Å²) in [7, 11) is 3.64. The van der Waals surface area contributed by atoms with E-state index in [9.17, 15) is 14.7 Å². The number of likely N-dealkylation sites (N-methyl/N-ethyl adjacent to an activating group) is 1. The van der Waals surface area contributed by atoms with Crippen LogP contribution in [0.4, 0.5) is 15.9 Å². The molecule has 0 radical (unpaired) electrons. The first kappa shape index (κ1) is 29.1. The molecule has 224 valence electrons. The Morgan fingerprint density at radius 1 is 1.11 bits per heavy atom. The lowest BCUT2D eigenvalue weighted by molar-refractivity contribution is 0.281. The molecule has 0 saturated carbocycles. The molecule has 4 heterocycles. The second-order valence-corrected chi connectivity index (χ2v) is 11.2. The number of rotatable bonds is 7. The van der Waals surface area contributed by atoms with Crippen molar-refractivity contribution < 1.29 is 9.50 Å². The number of aryl methyl sites for hydroxylation is 1. The second kappa shape index (κ2) is 11.6. The monoisotopic (exact) mass is 593 g/mol. The van der Waals surface area contributed by atoms with Gasteiger partial charge in [-0.3, -0.25) is 9.59 Å². The first-order valence-electron chi connectivity index (χ1n) is 14.3. The summed E-state index contributed by atoms with van der Waals surface area (Å²) in [5, 5.41) is 22.6. The van der Waals surface area contributed by atoms with Crippen molar-refractivity contribution in [3.63, 3.8) is 0 Å². The van der Waals surface area contributed by atoms with Gasteiger partial charge in [-0.1, -0.05) is 30.4 Å². The zero-order valence-electron chi connectivity index (χ0n) is 24.7. The molecule has 2 N–H and O–H groups in total. The SMILES string of the molecule is C=C(C)c1cc(F)c2c(=O)n(-c3cccc(-c4cc(Nc5ccc([C@H]6CCN(C)C6)cn5)c(=O)n(C)n4)c3CO)ncc2c1. The second-order valence-electron chi connectivity index (χ2n) is 11.2. The molecule has 6 rings (SSSR count). The highest BCUT2D eigenvalue weighted by Gasteiger charge is 2.22. The third-order valence-electron chi connectivity index (χ3n) is 8.12. The molecule has 1 aliphatic heterocycles. The minimum Gasteiger partial charge on any atom is -0.392 e. The molecule has 11 heteroatoms. The van der Waals surface area contributed by atoms with Gasteiger partial charge in [0.15, 0.2) is 0 Å². The summed E-state index contributed by atoms with van der Waals surface area (Å²) in [6.45, 7) is 7.17. The van der Waals surface area contributed by atoms with Gasteiger partial charge in [0.2, 0.25) is 0 Å². The van der Waals surface area contributed by atoms with Crippen LogP contribution in [0.1, 0.15) is 36.0 Å². The number of benzene rings is 2. The average molecular weight is 594 g/mol. The molecule has 1 atom stereocenters. The third-order valence-corrected chi connectivity index (χ3v) is 8.12. The van der Waals surface area contributed by atoms with E-state index in [1.807, 2.05) is 18.3 Å². The van der Waals surface area contributed by atoms with Crippen molar-refractivity contribution in [1.82, 2.24) is 29.4 Å². The summed E-state index contributed by atoms with van der Waals surface area (Å²) in [6.07, 6.45) is 4.33. The van der Waals surface area contributed by atoms with Crippen LogP contribution in [-0.2, 0) is 13.7 Å². The van der Waals surface area contributed by atoms with E-state index >= 15 is 4.39 Å². The number of anilines is 2. The van der Waals surface area contributed by atoms with E-state index in [4.69, 9.17) is 0 Å². The van der Waals surface area contributed by atoms with E-state index in [1.54, 1.807) is 37.3 Å². The highest BCUT2D eigenvalue weighted by Crippen LogP contribution is 2.30. The van der Waals surface area contributed by atoms with Crippen LogP contribution in [0.2, 0.25) is 0 Å². The van der Waals surface area contributed by atoms with E-state index in [2.05, 4.69) is 39.0 Å². The van der Waals surface area contributed by atoms with Crippen LogP contribution in [0.15, 0.2) is 77.1 Å². The third kappa shape index (κ3) is 5.31. The standard InChI is InChI=1S/C33H32FN7O3/c1-19(2)22-12-23-16-36-41(33(44)31(23)26(34)13-22)29-7-5-6-24(25(29)18-42)27-14-28(32(43)40(4)38-27)37-30-9-8-20(15-35-30)21-10-11-39(3)17-21/h5-9,12-16,21,42H,1,10-11,17-18H2,2-4H3,(H,35,37)/t21-/m0/s1. The van der Waals surface area contributed by atoms with Gasteiger partial charge in [0, 0.05) is 36.3 Å². The zero-order chi connectivity index (χ0) is 31.1. The molecular formula is C33H32FN7O3. The van der Waals surface area contributed by atoms with Gasteiger partial charge in [-0.2, -0.15) is 14.9 Å². The fraction of sp³-hybridized carbons (Fsp3) is 0.242. The minimum absolute atomic E-state index is 0.121. The van der Waals surface area contributed by atoms with Crippen LogP contribution in [-0.4, -0.2) is 54.7 Å². The van der Waals surface area contributed by atoms with Gasteiger partial charge < -0.3 is 15.3 Å². The largest absolute Gasteiger partial charge is 0.392 e. The van der Waals surface area contributed by atoms with E-state index in [1.165, 1.54) is 24.0 Å². The van der Waals surface area contributed by atoms with Gasteiger partial charge in [-0.25, -0.2) is 14.1 Å². The van der Waals surface area contributed by atoms with Crippen molar-refractivity contribution in [2.45, 2.75) is 25.9 Å². The fourth-order valence-electron chi connectivity index (χ4n) is 5.73. The number of halogens is 1. The normalized spacial score (nSPS) is 15.2. The van der Waals surface area contributed by atoms with E-state index < -0.39 is 18.0 Å². The van der Waals surface area contributed by atoms with Gasteiger partial charge in [-0.05, 0) is 74.3 Å². The number of hydrogen-bond donors (Lipinski definition) is 2. The Morgan fingerprint density at radius 2 is 1.93 bits per heavy atom. The Balaban J connectivity index is 1.39. The van der Waals surface area contributed by atoms with Crippen LogP contribution in [0.3, 0.4) is 0 Å². The summed E-state index contributed by atoms with van der Waals surface area (Å²) in [4.78, 5) is 33.4. The van der Waals surface area contributed by atoms with Crippen LogP contribution in [0.5, 0.6) is 0 Å². The van der Waals surface area contributed by atoms with Crippen LogP contribution in [0, 0.1) is 5.82 Å². The molecule has 3 aromatic heterocycles. The number of aliphatic hydroxyl groups excluding tert-OH is 1. The highest BCUT2D eigenvalue weighted by molar-refractivity contribution is 5.85. The molecule has 0 spiro atoms. The van der Waals surface area contributed by atoms with Crippen molar-refractivity contribution in [3.8, 4) is 16.9 Å². The van der Waals surface area contributed by atoms with Crippen molar-refractivity contribution in [1.29, 1.82) is 0 Å². The van der Waals surface area contributed by atoms with Gasteiger partial charge in [-0.15, -0.1) is 0 Å². The maximum Gasteiger partial charge on any atom is 0.290 e. The summed E-state index contributed by atoms with van der Waals surface area (Å²) in [5.41, 5.74) is 3.04. The summed E-state index contributed by atoms with van der Waals surface area (Å²) >= 11 is 0. The lowest BCUT2D eigenvalue weighted by atomic mass is 10.0. The van der Waals surface area contributed by atoms with E-state index in [0.717, 1.165) is 29.8 Å². The smallest absolute Gasteiger partial charge is 0.290 e. The fourth-order valence-corrected chi connectivity index (χ4v) is 5.73. The Morgan fingerprint density at radius 3 is 2.61 bits per heavy atom. The van der Waals surface area contributed by atoms with Crippen LogP contribution >= 0.6 is 0 Å². The average Bonchev–Trinajstić information content (AvgIpc) is 3.45. The van der Waals surface area contributed by atoms with Gasteiger partial charge in [0.25, 0.3) is 11.1 Å². The molecular weight excluding hydrogens is 561 g/mol. The number of nitrogens with one attached hydrogen (secondary N) is 1. The summed E-state index contributed by atoms with van der Waals surface area (Å²) < 4.78 is 17.4. The Kier molecular flexibility index (Phi) is 7.66.